The number of pyridine rings is 1. The lowest BCUT2D eigenvalue weighted by Crippen LogP contribution is -2.57. The number of urea groups is 1. The van der Waals surface area contributed by atoms with Gasteiger partial charge in [0.2, 0.25) is 0 Å². The molecule has 2 amide bonds. The summed E-state index contributed by atoms with van der Waals surface area (Å²) in [4.78, 5) is 20.2. The molecular formula is C27H30N4O2. The number of benzene rings is 2. The molecule has 170 valence electrons. The Morgan fingerprint density at radius 3 is 2.82 bits per heavy atom. The fourth-order valence-corrected chi connectivity index (χ4v) is 5.48. The van der Waals surface area contributed by atoms with Crippen molar-refractivity contribution in [3.8, 4) is 5.75 Å². The zero-order valence-corrected chi connectivity index (χ0v) is 18.9. The molecule has 3 saturated heterocycles. The maximum atomic E-state index is 13.1. The molecule has 3 aliphatic rings. The molecule has 4 heterocycles. The molecular weight excluding hydrogens is 412 g/mol. The van der Waals surface area contributed by atoms with Gasteiger partial charge in [0.25, 0.3) is 0 Å². The highest BCUT2D eigenvalue weighted by molar-refractivity contribution is 5.90. The zero-order valence-electron chi connectivity index (χ0n) is 18.9. The molecule has 3 aliphatic heterocycles. The van der Waals surface area contributed by atoms with Gasteiger partial charge in [-0.05, 0) is 73.2 Å². The first-order valence-corrected chi connectivity index (χ1v) is 11.6. The Bertz CT molecular complexity index is 1150. The molecule has 0 spiro atoms. The van der Waals surface area contributed by atoms with Gasteiger partial charge >= 0.3 is 6.03 Å². The quantitative estimate of drug-likeness (QED) is 0.527. The minimum Gasteiger partial charge on any atom is -0.497 e. The van der Waals surface area contributed by atoms with Crippen LogP contribution in [0.5, 0.6) is 5.75 Å². The molecule has 3 aromatic rings. The molecule has 33 heavy (non-hydrogen) atoms. The van der Waals surface area contributed by atoms with Crippen LogP contribution in [0.4, 0.5) is 10.5 Å². The van der Waals surface area contributed by atoms with E-state index in [2.05, 4.69) is 33.2 Å². The van der Waals surface area contributed by atoms with Crippen molar-refractivity contribution in [2.45, 2.75) is 24.9 Å². The standard InChI is InChI=1S/C27H30N4O2/c1-3-18-17-31-14-12-19(18)15-25(31)26(30-27(32)29-20-7-5-4-6-8-20)22-11-13-28-24-10-9-21(33-2)16-23(22)24/h3-11,13,16,18-19,25-26H,1,12,14-15,17H2,2H3,(H2,29,30,32)/t18?,19?,25?,26-/m1/s1. The normalized spacial score (nSPS) is 24.8. The SMILES string of the molecule is C=CC1CN2CCC1CC2[C@H](NC(=O)Nc1ccccc1)c1ccnc2ccc(OC)cc12. The lowest BCUT2D eigenvalue weighted by molar-refractivity contribution is 0.00340. The molecule has 3 fully saturated rings. The predicted octanol–water partition coefficient (Wildman–Crippen LogP) is 5.00. The van der Waals surface area contributed by atoms with Gasteiger partial charge in [0, 0.05) is 29.9 Å². The molecule has 2 bridgehead atoms. The van der Waals surface area contributed by atoms with E-state index in [4.69, 9.17) is 4.74 Å². The van der Waals surface area contributed by atoms with Crippen LogP contribution in [-0.4, -0.2) is 42.2 Å². The van der Waals surface area contributed by atoms with Crippen molar-refractivity contribution in [3.63, 3.8) is 0 Å². The number of carbonyl (C=O) groups is 1. The number of hydrogen-bond acceptors (Lipinski definition) is 4. The average Bonchev–Trinajstić information content (AvgIpc) is 2.87. The minimum absolute atomic E-state index is 0.181. The molecule has 4 unspecified atom stereocenters. The second-order valence-corrected chi connectivity index (χ2v) is 8.97. The van der Waals surface area contributed by atoms with E-state index in [1.54, 1.807) is 7.11 Å². The Hall–Kier alpha value is -3.38. The molecule has 2 aromatic carbocycles. The summed E-state index contributed by atoms with van der Waals surface area (Å²) in [7, 11) is 1.67. The van der Waals surface area contributed by atoms with Crippen molar-refractivity contribution in [3.05, 3.63) is 79.0 Å². The highest BCUT2D eigenvalue weighted by Crippen LogP contribution is 2.42. The van der Waals surface area contributed by atoms with Crippen LogP contribution in [0.1, 0.15) is 24.4 Å². The summed E-state index contributed by atoms with van der Waals surface area (Å²) in [5.74, 6) is 1.89. The second kappa shape index (κ2) is 9.24. The van der Waals surface area contributed by atoms with Gasteiger partial charge in [0.15, 0.2) is 0 Å². The Kier molecular flexibility index (Phi) is 6.01. The summed E-state index contributed by atoms with van der Waals surface area (Å²) in [5.41, 5.74) is 2.73. The lowest BCUT2D eigenvalue weighted by atomic mass is 9.73. The first kappa shape index (κ1) is 21.5. The Balaban J connectivity index is 1.51. The molecule has 6 heteroatoms. The van der Waals surface area contributed by atoms with Crippen LogP contribution in [0.15, 0.2) is 73.4 Å². The number of para-hydroxylation sites is 1. The monoisotopic (exact) mass is 442 g/mol. The van der Waals surface area contributed by atoms with Gasteiger partial charge in [-0.3, -0.25) is 9.88 Å². The number of hydrogen-bond donors (Lipinski definition) is 2. The number of piperidine rings is 3. The Labute approximate surface area is 194 Å². The van der Waals surface area contributed by atoms with Gasteiger partial charge in [0.05, 0.1) is 18.7 Å². The topological polar surface area (TPSA) is 66.5 Å². The highest BCUT2D eigenvalue weighted by Gasteiger charge is 2.43. The van der Waals surface area contributed by atoms with E-state index in [0.717, 1.165) is 47.4 Å². The van der Waals surface area contributed by atoms with Gasteiger partial charge in [-0.1, -0.05) is 24.3 Å². The third kappa shape index (κ3) is 4.31. The maximum absolute atomic E-state index is 13.1. The number of rotatable bonds is 6. The summed E-state index contributed by atoms with van der Waals surface area (Å²) in [6, 6.07) is 17.3. The van der Waals surface area contributed by atoms with Crippen LogP contribution in [-0.2, 0) is 0 Å². The Morgan fingerprint density at radius 2 is 2.09 bits per heavy atom. The number of fused-ring (bicyclic) bond motifs is 4. The lowest BCUT2D eigenvalue weighted by Gasteiger charge is -2.51. The highest BCUT2D eigenvalue weighted by atomic mass is 16.5. The number of amides is 2. The third-order valence-corrected chi connectivity index (χ3v) is 7.17. The fourth-order valence-electron chi connectivity index (χ4n) is 5.48. The number of nitrogens with zero attached hydrogens (tertiary/aromatic N) is 2. The molecule has 6 nitrogen and oxygen atoms in total. The minimum atomic E-state index is -0.207. The molecule has 0 aliphatic carbocycles. The summed E-state index contributed by atoms with van der Waals surface area (Å²) in [6.07, 6.45) is 6.14. The van der Waals surface area contributed by atoms with E-state index in [9.17, 15) is 4.79 Å². The molecule has 1 aromatic heterocycles. The van der Waals surface area contributed by atoms with Gasteiger partial charge < -0.3 is 15.4 Å². The number of aromatic nitrogens is 1. The Morgan fingerprint density at radius 1 is 1.24 bits per heavy atom. The molecule has 6 rings (SSSR count). The van der Waals surface area contributed by atoms with Crippen molar-refractivity contribution < 1.29 is 9.53 Å². The van der Waals surface area contributed by atoms with Gasteiger partial charge in [-0.25, -0.2) is 4.79 Å². The van der Waals surface area contributed by atoms with Crippen LogP contribution in [0.3, 0.4) is 0 Å². The second-order valence-electron chi connectivity index (χ2n) is 8.97. The van der Waals surface area contributed by atoms with Crippen molar-refractivity contribution >= 4 is 22.6 Å². The molecule has 0 radical (unpaired) electrons. The van der Waals surface area contributed by atoms with Crippen LogP contribution in [0.2, 0.25) is 0 Å². The summed E-state index contributed by atoms with van der Waals surface area (Å²) in [6.45, 7) is 6.09. The molecule has 0 saturated carbocycles. The van der Waals surface area contributed by atoms with Crippen LogP contribution < -0.4 is 15.4 Å². The summed E-state index contributed by atoms with van der Waals surface area (Å²) < 4.78 is 5.49. The van der Waals surface area contributed by atoms with E-state index >= 15 is 0 Å². The average molecular weight is 443 g/mol. The fraction of sp³-hybridized carbons (Fsp3) is 0.333. The maximum Gasteiger partial charge on any atom is 0.319 e. The van der Waals surface area contributed by atoms with E-state index in [0.29, 0.717) is 11.8 Å². The largest absolute Gasteiger partial charge is 0.497 e. The molecule has 5 atom stereocenters. The molecule has 2 N–H and O–H groups in total. The summed E-state index contributed by atoms with van der Waals surface area (Å²) >= 11 is 0. The van der Waals surface area contributed by atoms with Gasteiger partial charge in [-0.2, -0.15) is 0 Å². The number of carbonyl (C=O) groups excluding carboxylic acids is 1. The van der Waals surface area contributed by atoms with Crippen molar-refractivity contribution in [2.24, 2.45) is 11.8 Å². The van der Waals surface area contributed by atoms with Crippen LogP contribution >= 0.6 is 0 Å². The third-order valence-electron chi connectivity index (χ3n) is 7.17. The van der Waals surface area contributed by atoms with E-state index in [1.165, 1.54) is 6.42 Å². The smallest absolute Gasteiger partial charge is 0.319 e. The van der Waals surface area contributed by atoms with Gasteiger partial charge in [-0.15, -0.1) is 6.58 Å². The van der Waals surface area contributed by atoms with Crippen molar-refractivity contribution in [1.82, 2.24) is 15.2 Å². The first-order chi connectivity index (χ1) is 16.2. The van der Waals surface area contributed by atoms with E-state index < -0.39 is 0 Å². The summed E-state index contributed by atoms with van der Waals surface area (Å²) in [5, 5.41) is 7.31. The van der Waals surface area contributed by atoms with Crippen molar-refractivity contribution in [2.75, 3.05) is 25.5 Å². The first-order valence-electron chi connectivity index (χ1n) is 11.6. The number of methoxy groups -OCH3 is 1. The number of anilines is 1. The van der Waals surface area contributed by atoms with Crippen molar-refractivity contribution in [1.29, 1.82) is 0 Å². The van der Waals surface area contributed by atoms with Crippen LogP contribution in [0, 0.1) is 11.8 Å². The zero-order chi connectivity index (χ0) is 22.8. The van der Waals surface area contributed by atoms with E-state index in [-0.39, 0.29) is 18.1 Å². The number of ether oxygens (including phenoxy) is 1. The predicted molar refractivity (Wildman–Crippen MR) is 131 cm³/mol. The number of nitrogens with one attached hydrogen (secondary N) is 2. The van der Waals surface area contributed by atoms with Crippen LogP contribution in [0.25, 0.3) is 10.9 Å². The van der Waals surface area contributed by atoms with E-state index in [1.807, 2.05) is 60.8 Å². The van der Waals surface area contributed by atoms with Gasteiger partial charge in [0.1, 0.15) is 5.75 Å².